The topological polar surface area (TPSA) is 46.5 Å². The average Bonchev–Trinajstić information content (AvgIpc) is 2.54. The van der Waals surface area contributed by atoms with Crippen LogP contribution in [-0.4, -0.2) is 22.2 Å². The Morgan fingerprint density at radius 1 is 1.60 bits per heavy atom. The Labute approximate surface area is 91.5 Å². The molecule has 2 aromatic heterocycles. The van der Waals surface area contributed by atoms with E-state index in [-0.39, 0.29) is 5.97 Å². The van der Waals surface area contributed by atoms with E-state index in [1.165, 1.54) is 0 Å². The van der Waals surface area contributed by atoms with Gasteiger partial charge in [0.2, 0.25) is 0 Å². The summed E-state index contributed by atoms with van der Waals surface area (Å²) in [5, 5.41) is 2.90. The first-order chi connectivity index (χ1) is 7.24. The van der Waals surface area contributed by atoms with E-state index in [4.69, 9.17) is 17.0 Å². The molecule has 0 saturated heterocycles. The number of hydrogen-bond acceptors (Lipinski definition) is 3. The van der Waals surface area contributed by atoms with Crippen LogP contribution in [0.25, 0.3) is 5.52 Å². The standard InChI is InChI=1S/C10H10N2O2S/c1-2-14-10(13)8-7-5-3-4-6-12(7)11-9(8)15/h3-6H,2H2,1H3,(H,11,15). The minimum absolute atomic E-state index is 0.345. The molecule has 0 atom stereocenters. The van der Waals surface area contributed by atoms with Gasteiger partial charge in [0.15, 0.2) is 0 Å². The number of esters is 1. The molecule has 4 nitrogen and oxygen atoms in total. The van der Waals surface area contributed by atoms with Gasteiger partial charge in [0, 0.05) is 6.20 Å². The van der Waals surface area contributed by atoms with Crippen LogP contribution in [0.4, 0.5) is 0 Å². The average molecular weight is 222 g/mol. The molecule has 0 radical (unpaired) electrons. The van der Waals surface area contributed by atoms with Gasteiger partial charge in [-0.2, -0.15) is 0 Å². The lowest BCUT2D eigenvalue weighted by Gasteiger charge is -1.98. The van der Waals surface area contributed by atoms with Crippen molar-refractivity contribution in [3.8, 4) is 0 Å². The number of carbonyl (C=O) groups is 1. The quantitative estimate of drug-likeness (QED) is 0.625. The van der Waals surface area contributed by atoms with Crippen molar-refractivity contribution in [1.29, 1.82) is 0 Å². The maximum absolute atomic E-state index is 11.6. The molecule has 0 spiro atoms. The molecule has 1 N–H and O–H groups in total. The molecule has 2 aromatic rings. The Morgan fingerprint density at radius 3 is 3.13 bits per heavy atom. The zero-order valence-corrected chi connectivity index (χ0v) is 9.00. The van der Waals surface area contributed by atoms with Crippen LogP contribution in [0.2, 0.25) is 0 Å². The number of fused-ring (bicyclic) bond motifs is 1. The van der Waals surface area contributed by atoms with Crippen LogP contribution in [0.15, 0.2) is 24.4 Å². The normalized spacial score (nSPS) is 10.5. The SMILES string of the molecule is CCOC(=O)c1c(=S)[nH]n2ccccc12. The van der Waals surface area contributed by atoms with Crippen molar-refractivity contribution in [3.63, 3.8) is 0 Å². The van der Waals surface area contributed by atoms with E-state index in [1.807, 2.05) is 18.2 Å². The molecule has 0 bridgehead atoms. The highest BCUT2D eigenvalue weighted by molar-refractivity contribution is 7.71. The van der Waals surface area contributed by atoms with Gasteiger partial charge in [-0.15, -0.1) is 0 Å². The van der Waals surface area contributed by atoms with E-state index in [2.05, 4.69) is 5.10 Å². The van der Waals surface area contributed by atoms with E-state index >= 15 is 0 Å². The number of ether oxygens (including phenoxy) is 1. The Kier molecular flexibility index (Phi) is 2.55. The molecular formula is C10H10N2O2S. The number of H-pyrrole nitrogens is 1. The van der Waals surface area contributed by atoms with Crippen LogP contribution in [0.1, 0.15) is 17.3 Å². The summed E-state index contributed by atoms with van der Waals surface area (Å²) in [6.07, 6.45) is 1.80. The monoisotopic (exact) mass is 222 g/mol. The van der Waals surface area contributed by atoms with Gasteiger partial charge in [-0.25, -0.2) is 4.79 Å². The zero-order chi connectivity index (χ0) is 10.8. The number of rotatable bonds is 2. The fourth-order valence-corrected chi connectivity index (χ4v) is 1.71. The number of nitrogens with zero attached hydrogens (tertiary/aromatic N) is 1. The van der Waals surface area contributed by atoms with Crippen LogP contribution < -0.4 is 0 Å². The molecule has 5 heteroatoms. The predicted octanol–water partition coefficient (Wildman–Crippen LogP) is 2.17. The Morgan fingerprint density at radius 2 is 2.40 bits per heavy atom. The smallest absolute Gasteiger partial charge is 0.343 e. The maximum Gasteiger partial charge on any atom is 0.343 e. The Bertz CT molecular complexity index is 556. The summed E-state index contributed by atoms with van der Waals surface area (Å²) < 4.78 is 7.04. The number of nitrogens with one attached hydrogen (secondary N) is 1. The van der Waals surface area contributed by atoms with Gasteiger partial charge >= 0.3 is 5.97 Å². The molecule has 0 fully saturated rings. The van der Waals surface area contributed by atoms with E-state index < -0.39 is 0 Å². The first-order valence-electron chi connectivity index (χ1n) is 4.60. The van der Waals surface area contributed by atoms with Crippen LogP contribution in [0.3, 0.4) is 0 Å². The van der Waals surface area contributed by atoms with Gasteiger partial charge in [-0.3, -0.25) is 9.61 Å². The van der Waals surface area contributed by atoms with Gasteiger partial charge < -0.3 is 4.74 Å². The molecule has 2 heterocycles. The minimum atomic E-state index is -0.382. The summed E-state index contributed by atoms with van der Waals surface area (Å²) >= 11 is 5.07. The number of carbonyl (C=O) groups excluding carboxylic acids is 1. The molecule has 0 aliphatic rings. The highest BCUT2D eigenvalue weighted by atomic mass is 32.1. The largest absolute Gasteiger partial charge is 0.462 e. The maximum atomic E-state index is 11.6. The molecule has 15 heavy (non-hydrogen) atoms. The highest BCUT2D eigenvalue weighted by Gasteiger charge is 2.14. The molecule has 0 aliphatic carbocycles. The third kappa shape index (κ3) is 1.66. The summed E-state index contributed by atoms with van der Waals surface area (Å²) in [4.78, 5) is 11.6. The van der Waals surface area contributed by atoms with Crippen molar-refractivity contribution in [2.45, 2.75) is 6.92 Å². The first kappa shape index (κ1) is 9.92. The van der Waals surface area contributed by atoms with Crippen molar-refractivity contribution >= 4 is 23.7 Å². The van der Waals surface area contributed by atoms with E-state index in [0.717, 1.165) is 5.52 Å². The summed E-state index contributed by atoms with van der Waals surface area (Å²) in [7, 11) is 0. The van der Waals surface area contributed by atoms with E-state index in [1.54, 1.807) is 17.6 Å². The number of aromatic amines is 1. The van der Waals surface area contributed by atoms with Crippen molar-refractivity contribution in [2.75, 3.05) is 6.61 Å². The third-order valence-electron chi connectivity index (χ3n) is 2.04. The van der Waals surface area contributed by atoms with Gasteiger partial charge in [-0.05, 0) is 19.1 Å². The summed E-state index contributed by atoms with van der Waals surface area (Å²) in [6.45, 7) is 2.11. The Balaban J connectivity index is 2.64. The van der Waals surface area contributed by atoms with E-state index in [0.29, 0.717) is 16.8 Å². The fraction of sp³-hybridized carbons (Fsp3) is 0.200. The van der Waals surface area contributed by atoms with Crippen LogP contribution in [0.5, 0.6) is 0 Å². The van der Waals surface area contributed by atoms with Crippen LogP contribution >= 0.6 is 12.2 Å². The minimum Gasteiger partial charge on any atom is -0.462 e. The summed E-state index contributed by atoms with van der Waals surface area (Å²) in [5.41, 5.74) is 1.16. The molecule has 0 aromatic carbocycles. The number of aromatic nitrogens is 2. The third-order valence-corrected chi connectivity index (χ3v) is 2.34. The number of pyridine rings is 1. The number of hydrogen-bond donors (Lipinski definition) is 1. The zero-order valence-electron chi connectivity index (χ0n) is 8.19. The second-order valence-corrected chi connectivity index (χ2v) is 3.40. The van der Waals surface area contributed by atoms with Crippen LogP contribution in [-0.2, 0) is 4.74 Å². The lowest BCUT2D eigenvalue weighted by molar-refractivity contribution is 0.0528. The molecule has 0 unspecified atom stereocenters. The van der Waals surface area contributed by atoms with E-state index in [9.17, 15) is 4.79 Å². The van der Waals surface area contributed by atoms with Crippen molar-refractivity contribution < 1.29 is 9.53 Å². The lowest BCUT2D eigenvalue weighted by Crippen LogP contribution is -2.04. The second-order valence-electron chi connectivity index (χ2n) is 2.99. The van der Waals surface area contributed by atoms with Crippen LogP contribution in [0, 0.1) is 4.64 Å². The van der Waals surface area contributed by atoms with Gasteiger partial charge in [0.1, 0.15) is 10.2 Å². The summed E-state index contributed by atoms with van der Waals surface area (Å²) in [6, 6.07) is 5.52. The second kappa shape index (κ2) is 3.86. The molecule has 2 rings (SSSR count). The molecular weight excluding hydrogens is 212 g/mol. The molecule has 0 aliphatic heterocycles. The Hall–Kier alpha value is -1.62. The van der Waals surface area contributed by atoms with Gasteiger partial charge in [-0.1, -0.05) is 18.3 Å². The molecule has 0 amide bonds. The molecule has 78 valence electrons. The van der Waals surface area contributed by atoms with Crippen molar-refractivity contribution in [3.05, 3.63) is 34.6 Å². The van der Waals surface area contributed by atoms with Crippen molar-refractivity contribution in [2.24, 2.45) is 0 Å². The first-order valence-corrected chi connectivity index (χ1v) is 5.01. The van der Waals surface area contributed by atoms with Gasteiger partial charge in [0.25, 0.3) is 0 Å². The summed E-state index contributed by atoms with van der Waals surface area (Å²) in [5.74, 6) is -0.382. The lowest BCUT2D eigenvalue weighted by atomic mass is 10.2. The highest BCUT2D eigenvalue weighted by Crippen LogP contribution is 2.13. The fourth-order valence-electron chi connectivity index (χ4n) is 1.43. The van der Waals surface area contributed by atoms with Crippen molar-refractivity contribution in [1.82, 2.24) is 9.61 Å². The predicted molar refractivity (Wildman–Crippen MR) is 58.5 cm³/mol. The molecule has 0 saturated carbocycles. The van der Waals surface area contributed by atoms with Gasteiger partial charge in [0.05, 0.1) is 12.1 Å².